The number of hydrogen-bond donors (Lipinski definition) is 2. The lowest BCUT2D eigenvalue weighted by molar-refractivity contribution is -0.143. The van der Waals surface area contributed by atoms with Gasteiger partial charge in [0.2, 0.25) is 12.3 Å². The highest BCUT2D eigenvalue weighted by Crippen LogP contribution is 2.26. The molecule has 8 heteroatoms. The molecule has 6 nitrogen and oxygen atoms in total. The summed E-state index contributed by atoms with van der Waals surface area (Å²) in [5.41, 5.74) is 0. The Morgan fingerprint density at radius 3 is 2.68 bits per heavy atom. The van der Waals surface area contributed by atoms with Gasteiger partial charge in [-0.15, -0.1) is 0 Å². The number of carboxylic acid groups (broad SMARTS) is 1. The summed E-state index contributed by atoms with van der Waals surface area (Å²) in [6.45, 7) is -0.363. The largest absolute Gasteiger partial charge is 0.480 e. The summed E-state index contributed by atoms with van der Waals surface area (Å²) < 4.78 is 26.2. The zero-order valence-corrected chi connectivity index (χ0v) is 10.3. The highest BCUT2D eigenvalue weighted by molar-refractivity contribution is 5.79. The summed E-state index contributed by atoms with van der Waals surface area (Å²) in [6.07, 6.45) is -0.0733. The van der Waals surface area contributed by atoms with Crippen LogP contribution in [0.5, 0.6) is 0 Å². The van der Waals surface area contributed by atoms with E-state index in [4.69, 9.17) is 5.11 Å². The van der Waals surface area contributed by atoms with Gasteiger partial charge in [0, 0.05) is 19.4 Å². The molecule has 1 aliphatic rings. The number of alkyl halides is 2. The number of rotatable bonds is 6. The summed E-state index contributed by atoms with van der Waals surface area (Å²) in [5.74, 6) is -4.65. The van der Waals surface area contributed by atoms with E-state index in [0.29, 0.717) is 0 Å². The third kappa shape index (κ3) is 4.80. The maximum Gasteiger partial charge on any atom is 0.326 e. The topological polar surface area (TPSA) is 86.7 Å². The Bertz CT molecular complexity index is 363. The standard InChI is InChI=1S/C11H16F2N2O4/c12-11(13)4-1-5-15(6-11)9(17)3-2-8(10(18)19)14-7-16/h7-8H,1-6H2,(H,14,16)(H,18,19). The molecule has 0 saturated carbocycles. The van der Waals surface area contributed by atoms with Gasteiger partial charge in [-0.2, -0.15) is 0 Å². The monoisotopic (exact) mass is 278 g/mol. The Morgan fingerprint density at radius 1 is 1.47 bits per heavy atom. The number of amides is 2. The molecule has 0 bridgehead atoms. The van der Waals surface area contributed by atoms with Crippen LogP contribution in [0, 0.1) is 0 Å². The summed E-state index contributed by atoms with van der Waals surface area (Å²) in [4.78, 5) is 33.6. The van der Waals surface area contributed by atoms with Crippen LogP contribution in [0.4, 0.5) is 8.78 Å². The van der Waals surface area contributed by atoms with E-state index in [1.165, 1.54) is 0 Å². The van der Waals surface area contributed by atoms with Crippen molar-refractivity contribution in [2.75, 3.05) is 13.1 Å². The van der Waals surface area contributed by atoms with E-state index in [1.807, 2.05) is 0 Å². The molecule has 1 unspecified atom stereocenters. The van der Waals surface area contributed by atoms with Gasteiger partial charge in [0.05, 0.1) is 6.54 Å². The minimum atomic E-state index is -2.87. The molecule has 1 heterocycles. The minimum Gasteiger partial charge on any atom is -0.480 e. The van der Waals surface area contributed by atoms with Crippen molar-refractivity contribution >= 4 is 18.3 Å². The van der Waals surface area contributed by atoms with Gasteiger partial charge in [0.25, 0.3) is 5.92 Å². The first-order chi connectivity index (χ1) is 8.85. The van der Waals surface area contributed by atoms with Gasteiger partial charge in [-0.25, -0.2) is 13.6 Å². The lowest BCUT2D eigenvalue weighted by Crippen LogP contribution is -2.46. The Labute approximate surface area is 108 Å². The van der Waals surface area contributed by atoms with E-state index in [-0.39, 0.29) is 38.6 Å². The molecule has 0 spiro atoms. The highest BCUT2D eigenvalue weighted by Gasteiger charge is 2.37. The number of nitrogens with zero attached hydrogens (tertiary/aromatic N) is 1. The van der Waals surface area contributed by atoms with Crippen LogP contribution in [-0.2, 0) is 14.4 Å². The van der Waals surface area contributed by atoms with Gasteiger partial charge in [-0.05, 0) is 12.8 Å². The first-order valence-electron chi connectivity index (χ1n) is 5.94. The summed E-state index contributed by atoms with van der Waals surface area (Å²) >= 11 is 0. The van der Waals surface area contributed by atoms with E-state index in [0.717, 1.165) is 4.90 Å². The fraction of sp³-hybridized carbons (Fsp3) is 0.727. The SMILES string of the molecule is O=CNC(CCC(=O)N1CCCC(F)(F)C1)C(=O)O. The van der Waals surface area contributed by atoms with Crippen molar-refractivity contribution in [3.8, 4) is 0 Å². The Hall–Kier alpha value is -1.73. The van der Waals surface area contributed by atoms with Crippen molar-refractivity contribution in [2.24, 2.45) is 0 Å². The molecule has 1 saturated heterocycles. The summed E-state index contributed by atoms with van der Waals surface area (Å²) in [5, 5.41) is 10.8. The number of hydrogen-bond acceptors (Lipinski definition) is 3. The van der Waals surface area contributed by atoms with Gasteiger partial charge in [-0.1, -0.05) is 0 Å². The highest BCUT2D eigenvalue weighted by atomic mass is 19.3. The molecule has 1 fully saturated rings. The van der Waals surface area contributed by atoms with Gasteiger partial charge in [-0.3, -0.25) is 9.59 Å². The van der Waals surface area contributed by atoms with E-state index in [2.05, 4.69) is 5.32 Å². The van der Waals surface area contributed by atoms with Gasteiger partial charge < -0.3 is 15.3 Å². The first-order valence-corrected chi connectivity index (χ1v) is 5.94. The number of nitrogens with one attached hydrogen (secondary N) is 1. The number of carbonyl (C=O) groups is 3. The zero-order valence-electron chi connectivity index (χ0n) is 10.3. The average Bonchev–Trinajstić information content (AvgIpc) is 2.32. The lowest BCUT2D eigenvalue weighted by Gasteiger charge is -2.32. The molecule has 1 atom stereocenters. The number of halogens is 2. The minimum absolute atomic E-state index is 0.116. The molecule has 2 N–H and O–H groups in total. The predicted molar refractivity (Wildman–Crippen MR) is 60.6 cm³/mol. The second kappa shape index (κ2) is 6.44. The quantitative estimate of drug-likeness (QED) is 0.681. The lowest BCUT2D eigenvalue weighted by atomic mass is 10.1. The predicted octanol–water partition coefficient (Wildman–Crippen LogP) is 0.223. The van der Waals surface area contributed by atoms with Crippen LogP contribution >= 0.6 is 0 Å². The number of piperidine rings is 1. The Morgan fingerprint density at radius 2 is 2.16 bits per heavy atom. The van der Waals surface area contributed by atoms with E-state index in [9.17, 15) is 23.2 Å². The molecule has 108 valence electrons. The molecule has 0 aromatic carbocycles. The van der Waals surface area contributed by atoms with Gasteiger partial charge >= 0.3 is 5.97 Å². The van der Waals surface area contributed by atoms with Crippen molar-refractivity contribution in [3.05, 3.63) is 0 Å². The normalized spacial score (nSPS) is 19.6. The van der Waals surface area contributed by atoms with E-state index in [1.54, 1.807) is 0 Å². The van der Waals surface area contributed by atoms with Crippen LogP contribution in [0.2, 0.25) is 0 Å². The van der Waals surface area contributed by atoms with Crippen molar-refractivity contribution in [2.45, 2.75) is 37.6 Å². The Kier molecular flexibility index (Phi) is 5.20. The fourth-order valence-corrected chi connectivity index (χ4v) is 1.96. The number of carboxylic acids is 1. The smallest absolute Gasteiger partial charge is 0.326 e. The van der Waals surface area contributed by atoms with E-state index >= 15 is 0 Å². The fourth-order valence-electron chi connectivity index (χ4n) is 1.96. The molecule has 0 aromatic heterocycles. The third-order valence-electron chi connectivity index (χ3n) is 2.96. The van der Waals surface area contributed by atoms with Gasteiger partial charge in [0.15, 0.2) is 0 Å². The van der Waals surface area contributed by atoms with Crippen molar-refractivity contribution in [3.63, 3.8) is 0 Å². The van der Waals surface area contributed by atoms with Crippen LogP contribution < -0.4 is 5.32 Å². The van der Waals surface area contributed by atoms with Crippen LogP contribution in [0.1, 0.15) is 25.7 Å². The molecular weight excluding hydrogens is 262 g/mol. The molecule has 2 amide bonds. The molecule has 0 radical (unpaired) electrons. The van der Waals surface area contributed by atoms with Crippen molar-refractivity contribution in [1.29, 1.82) is 0 Å². The number of carbonyl (C=O) groups excluding carboxylic acids is 2. The third-order valence-corrected chi connectivity index (χ3v) is 2.96. The zero-order chi connectivity index (χ0) is 14.5. The van der Waals surface area contributed by atoms with Crippen molar-refractivity contribution < 1.29 is 28.3 Å². The number of likely N-dealkylation sites (tertiary alicyclic amines) is 1. The molecule has 0 aliphatic carbocycles. The molecular formula is C11H16F2N2O4. The van der Waals surface area contributed by atoms with Crippen LogP contribution in [0.15, 0.2) is 0 Å². The van der Waals surface area contributed by atoms with E-state index < -0.39 is 30.4 Å². The van der Waals surface area contributed by atoms with Crippen LogP contribution in [0.25, 0.3) is 0 Å². The second-order valence-corrected chi connectivity index (χ2v) is 4.49. The molecule has 1 rings (SSSR count). The Balaban J connectivity index is 2.46. The van der Waals surface area contributed by atoms with Crippen molar-refractivity contribution in [1.82, 2.24) is 10.2 Å². The number of aliphatic carboxylic acids is 1. The first kappa shape index (κ1) is 15.3. The maximum atomic E-state index is 13.1. The molecule has 19 heavy (non-hydrogen) atoms. The second-order valence-electron chi connectivity index (χ2n) is 4.49. The molecule has 1 aliphatic heterocycles. The van der Waals surface area contributed by atoms with Crippen LogP contribution in [-0.4, -0.2) is 53.3 Å². The summed E-state index contributed by atoms with van der Waals surface area (Å²) in [7, 11) is 0. The summed E-state index contributed by atoms with van der Waals surface area (Å²) in [6, 6.07) is -1.17. The van der Waals surface area contributed by atoms with Crippen LogP contribution in [0.3, 0.4) is 0 Å². The average molecular weight is 278 g/mol. The maximum absolute atomic E-state index is 13.1. The molecule has 0 aromatic rings. The van der Waals surface area contributed by atoms with Gasteiger partial charge in [0.1, 0.15) is 6.04 Å².